The van der Waals surface area contributed by atoms with E-state index in [2.05, 4.69) is 16.0 Å². The summed E-state index contributed by atoms with van der Waals surface area (Å²) in [5.74, 6) is -0.532. The van der Waals surface area contributed by atoms with Gasteiger partial charge in [0.05, 0.1) is 17.2 Å². The molecule has 1 aromatic carbocycles. The molecule has 1 heterocycles. The van der Waals surface area contributed by atoms with Gasteiger partial charge in [0.25, 0.3) is 0 Å². The molecule has 1 saturated heterocycles. The zero-order valence-electron chi connectivity index (χ0n) is 19.6. The lowest BCUT2D eigenvalue weighted by Gasteiger charge is -2.28. The standard InChI is InChI=1S/C20H24F6N2O.C4H9NO/c1-2-3-8-27-16-6-4-13(5-7-16)9-18(29)28-17-11-14(19(21,22)23)10-15(12-17)20(24,25)26;6-4-1-2-5-3-4/h3,8,10-13,16,27H,2,4-7,9H2,1H3,(H,28,29);4-6H,1-3H2/b8-3+;. The fourth-order valence-corrected chi connectivity index (χ4v) is 4.00. The topological polar surface area (TPSA) is 73.4 Å². The van der Waals surface area contributed by atoms with Crippen LogP contribution in [0.2, 0.25) is 0 Å². The van der Waals surface area contributed by atoms with Crippen LogP contribution in [0.25, 0.3) is 0 Å². The van der Waals surface area contributed by atoms with Crippen LogP contribution in [0, 0.1) is 5.92 Å². The average Bonchev–Trinajstić information content (AvgIpc) is 3.25. The number of nitrogens with one attached hydrogen (secondary N) is 3. The molecule has 1 atom stereocenters. The Balaban J connectivity index is 0.000000625. The van der Waals surface area contributed by atoms with E-state index in [-0.39, 0.29) is 24.5 Å². The lowest BCUT2D eigenvalue weighted by Crippen LogP contribution is -2.30. The van der Waals surface area contributed by atoms with Crippen LogP contribution in [0.3, 0.4) is 0 Å². The third-order valence-electron chi connectivity index (χ3n) is 5.91. The van der Waals surface area contributed by atoms with Crippen LogP contribution in [-0.2, 0) is 17.1 Å². The largest absolute Gasteiger partial charge is 0.416 e. The molecule has 0 aromatic heterocycles. The van der Waals surface area contributed by atoms with Crippen molar-refractivity contribution in [3.8, 4) is 0 Å². The molecule has 5 nitrogen and oxygen atoms in total. The summed E-state index contributed by atoms with van der Waals surface area (Å²) in [4.78, 5) is 12.2. The van der Waals surface area contributed by atoms with Gasteiger partial charge in [-0.25, -0.2) is 0 Å². The first kappa shape index (κ1) is 29.0. The van der Waals surface area contributed by atoms with Gasteiger partial charge in [0.2, 0.25) is 5.91 Å². The number of benzene rings is 1. The van der Waals surface area contributed by atoms with Crippen molar-refractivity contribution < 1.29 is 36.2 Å². The number of aliphatic hydroxyl groups excluding tert-OH is 1. The Bertz CT molecular complexity index is 795. The smallest absolute Gasteiger partial charge is 0.392 e. The molecular weight excluding hydrogens is 476 g/mol. The van der Waals surface area contributed by atoms with Crippen molar-refractivity contribution in [1.82, 2.24) is 10.6 Å². The van der Waals surface area contributed by atoms with Gasteiger partial charge in [0.1, 0.15) is 0 Å². The van der Waals surface area contributed by atoms with Crippen molar-refractivity contribution in [2.45, 2.75) is 76.4 Å². The van der Waals surface area contributed by atoms with Gasteiger partial charge in [-0.2, -0.15) is 26.3 Å². The fraction of sp³-hybridized carbons (Fsp3) is 0.625. The molecule has 2 aliphatic rings. The number of carbonyl (C=O) groups is 1. The fourth-order valence-electron chi connectivity index (χ4n) is 4.00. The first-order chi connectivity index (χ1) is 16.4. The van der Waals surface area contributed by atoms with E-state index in [0.717, 1.165) is 51.6 Å². The minimum atomic E-state index is -4.95. The van der Waals surface area contributed by atoms with Gasteiger partial charge in [-0.15, -0.1) is 0 Å². The second-order valence-electron chi connectivity index (χ2n) is 8.89. The lowest BCUT2D eigenvalue weighted by molar-refractivity contribution is -0.143. The molecule has 0 bridgehead atoms. The number of amides is 1. The summed E-state index contributed by atoms with van der Waals surface area (Å²) < 4.78 is 77.4. The molecule has 1 aromatic rings. The maximum atomic E-state index is 12.9. The van der Waals surface area contributed by atoms with Crippen LogP contribution in [0.5, 0.6) is 0 Å². The Morgan fingerprint density at radius 3 is 2.06 bits per heavy atom. The number of hydrogen-bond acceptors (Lipinski definition) is 4. The van der Waals surface area contributed by atoms with E-state index < -0.39 is 35.1 Å². The highest BCUT2D eigenvalue weighted by Gasteiger charge is 2.37. The van der Waals surface area contributed by atoms with Gasteiger partial charge < -0.3 is 21.1 Å². The van der Waals surface area contributed by atoms with Gasteiger partial charge >= 0.3 is 12.4 Å². The van der Waals surface area contributed by atoms with Crippen molar-refractivity contribution in [2.24, 2.45) is 5.92 Å². The summed E-state index contributed by atoms with van der Waals surface area (Å²) in [6, 6.07) is 1.40. The molecule has 1 amide bonds. The number of rotatable bonds is 6. The zero-order valence-corrected chi connectivity index (χ0v) is 19.6. The third-order valence-corrected chi connectivity index (χ3v) is 5.91. The van der Waals surface area contributed by atoms with E-state index in [4.69, 9.17) is 5.11 Å². The highest BCUT2D eigenvalue weighted by Crippen LogP contribution is 2.37. The summed E-state index contributed by atoms with van der Waals surface area (Å²) in [6.07, 6.45) is -0.887. The zero-order chi connectivity index (χ0) is 26.1. The van der Waals surface area contributed by atoms with Gasteiger partial charge in [-0.05, 0) is 75.4 Å². The predicted octanol–water partition coefficient (Wildman–Crippen LogP) is 5.47. The van der Waals surface area contributed by atoms with E-state index in [9.17, 15) is 31.1 Å². The van der Waals surface area contributed by atoms with E-state index in [1.54, 1.807) is 0 Å². The highest BCUT2D eigenvalue weighted by molar-refractivity contribution is 5.91. The van der Waals surface area contributed by atoms with Crippen molar-refractivity contribution in [2.75, 3.05) is 18.4 Å². The molecule has 1 unspecified atom stereocenters. The predicted molar refractivity (Wildman–Crippen MR) is 121 cm³/mol. The molecule has 198 valence electrons. The Hall–Kier alpha value is -2.27. The van der Waals surface area contributed by atoms with Gasteiger partial charge in [-0.1, -0.05) is 13.0 Å². The minimum Gasteiger partial charge on any atom is -0.392 e. The molecule has 11 heteroatoms. The number of carbonyl (C=O) groups excluding carboxylic acids is 1. The van der Waals surface area contributed by atoms with E-state index in [1.165, 1.54) is 0 Å². The van der Waals surface area contributed by atoms with E-state index in [0.29, 0.717) is 18.2 Å². The number of anilines is 1. The second kappa shape index (κ2) is 13.2. The molecule has 1 saturated carbocycles. The average molecular weight is 510 g/mol. The molecule has 0 spiro atoms. The summed E-state index contributed by atoms with van der Waals surface area (Å²) in [5.41, 5.74) is -3.40. The Labute approximate surface area is 201 Å². The van der Waals surface area contributed by atoms with Crippen LogP contribution in [0.4, 0.5) is 32.0 Å². The summed E-state index contributed by atoms with van der Waals surface area (Å²) >= 11 is 0. The summed E-state index contributed by atoms with van der Waals surface area (Å²) in [5, 5.41) is 17.2. The first-order valence-corrected chi connectivity index (χ1v) is 11.8. The quantitative estimate of drug-likeness (QED) is 0.384. The van der Waals surface area contributed by atoms with E-state index >= 15 is 0 Å². The van der Waals surface area contributed by atoms with Crippen LogP contribution in [-0.4, -0.2) is 36.2 Å². The highest BCUT2D eigenvalue weighted by atomic mass is 19.4. The van der Waals surface area contributed by atoms with Crippen LogP contribution in [0.1, 0.15) is 63.0 Å². The first-order valence-electron chi connectivity index (χ1n) is 11.8. The Morgan fingerprint density at radius 1 is 1.03 bits per heavy atom. The molecular formula is C24H33F6N3O2. The van der Waals surface area contributed by atoms with Crippen LogP contribution in [0.15, 0.2) is 30.5 Å². The minimum absolute atomic E-state index is 0.0386. The molecule has 1 aliphatic carbocycles. The molecule has 4 N–H and O–H groups in total. The number of hydrogen-bond donors (Lipinski definition) is 4. The lowest BCUT2D eigenvalue weighted by atomic mass is 9.84. The Kier molecular flexibility index (Phi) is 10.9. The van der Waals surface area contributed by atoms with Gasteiger partial charge in [0, 0.05) is 24.7 Å². The Morgan fingerprint density at radius 2 is 1.63 bits per heavy atom. The molecule has 0 radical (unpaired) electrons. The van der Waals surface area contributed by atoms with Crippen LogP contribution >= 0.6 is 0 Å². The number of aliphatic hydroxyl groups is 1. The van der Waals surface area contributed by atoms with E-state index in [1.807, 2.05) is 19.2 Å². The number of β-amino-alcohol motifs (C(OH)–C–C–N with tert-alkyl or cyclic N) is 1. The number of halogens is 6. The maximum Gasteiger partial charge on any atom is 0.416 e. The third kappa shape index (κ3) is 10.5. The normalized spacial score (nSPS) is 23.0. The van der Waals surface area contributed by atoms with Crippen LogP contribution < -0.4 is 16.0 Å². The van der Waals surface area contributed by atoms with Gasteiger partial charge in [0.15, 0.2) is 0 Å². The number of alkyl halides is 6. The van der Waals surface area contributed by atoms with Crippen molar-refractivity contribution in [3.63, 3.8) is 0 Å². The summed E-state index contributed by atoms with van der Waals surface area (Å²) in [7, 11) is 0. The van der Waals surface area contributed by atoms with Crippen molar-refractivity contribution in [3.05, 3.63) is 41.6 Å². The number of allylic oxidation sites excluding steroid dienone is 1. The molecule has 35 heavy (non-hydrogen) atoms. The van der Waals surface area contributed by atoms with Crippen molar-refractivity contribution in [1.29, 1.82) is 0 Å². The molecule has 2 fully saturated rings. The second-order valence-corrected chi connectivity index (χ2v) is 8.89. The van der Waals surface area contributed by atoms with Gasteiger partial charge in [-0.3, -0.25) is 4.79 Å². The monoisotopic (exact) mass is 509 g/mol. The maximum absolute atomic E-state index is 12.9. The van der Waals surface area contributed by atoms with Crippen molar-refractivity contribution >= 4 is 11.6 Å². The summed E-state index contributed by atoms with van der Waals surface area (Å²) in [6.45, 7) is 3.80. The molecule has 3 rings (SSSR count). The molecule has 1 aliphatic heterocycles. The SMILES string of the molecule is CC/C=C/NC1CCC(CC(=O)Nc2cc(C(F)(F)F)cc(C(F)(F)F)c2)CC1.OC1CCNC1.